The number of aromatic nitrogens is 2. The van der Waals surface area contributed by atoms with Gasteiger partial charge in [0.2, 0.25) is 0 Å². The maximum atomic E-state index is 2.50. The molecule has 240 valence electrons. The number of allylic oxidation sites excluding steroid dienone is 9. The first-order valence-corrected chi connectivity index (χ1v) is 18.1. The lowest BCUT2D eigenvalue weighted by Gasteiger charge is -2.23. The van der Waals surface area contributed by atoms with Gasteiger partial charge in [-0.3, -0.25) is 0 Å². The first-order valence-electron chi connectivity index (χ1n) is 18.1. The average molecular weight is 643 g/mol. The minimum absolute atomic E-state index is 0.417. The van der Waals surface area contributed by atoms with Gasteiger partial charge in [-0.1, -0.05) is 121 Å². The van der Waals surface area contributed by atoms with Crippen LogP contribution in [-0.2, 0) is 6.42 Å². The van der Waals surface area contributed by atoms with E-state index in [1.165, 1.54) is 83.2 Å². The van der Waals surface area contributed by atoms with Crippen molar-refractivity contribution in [1.82, 2.24) is 9.13 Å². The molecule has 0 radical (unpaired) electrons. The van der Waals surface area contributed by atoms with Gasteiger partial charge in [0.05, 0.1) is 16.6 Å². The molecule has 1 atom stereocenters. The number of rotatable bonds is 5. The van der Waals surface area contributed by atoms with Crippen LogP contribution in [0.25, 0.3) is 61.3 Å². The number of nitrogens with zero attached hydrogens (tertiary/aromatic N) is 2. The molecule has 1 unspecified atom stereocenters. The molecule has 2 heteroatoms. The van der Waals surface area contributed by atoms with Crippen LogP contribution in [0.1, 0.15) is 48.1 Å². The van der Waals surface area contributed by atoms with Crippen LogP contribution in [0.5, 0.6) is 0 Å². The van der Waals surface area contributed by atoms with Crippen molar-refractivity contribution in [3.8, 4) is 11.4 Å². The second-order valence-corrected chi connectivity index (χ2v) is 13.9. The van der Waals surface area contributed by atoms with Crippen LogP contribution in [-0.4, -0.2) is 9.13 Å². The lowest BCUT2D eigenvalue weighted by molar-refractivity contribution is 0.715. The molecule has 5 aromatic carbocycles. The van der Waals surface area contributed by atoms with Crippen molar-refractivity contribution in [2.45, 2.75) is 32.1 Å². The van der Waals surface area contributed by atoms with E-state index in [4.69, 9.17) is 0 Å². The van der Waals surface area contributed by atoms with Crippen molar-refractivity contribution in [3.05, 3.63) is 186 Å². The number of aryl methyl sites for hydroxylation is 1. The monoisotopic (exact) mass is 642 g/mol. The first-order chi connectivity index (χ1) is 24.8. The predicted molar refractivity (Wildman–Crippen MR) is 212 cm³/mol. The van der Waals surface area contributed by atoms with Gasteiger partial charge in [-0.05, 0) is 108 Å². The van der Waals surface area contributed by atoms with Gasteiger partial charge in [0, 0.05) is 39.1 Å². The van der Waals surface area contributed by atoms with Crippen LogP contribution < -0.4 is 0 Å². The van der Waals surface area contributed by atoms with Crippen molar-refractivity contribution in [2.24, 2.45) is 5.92 Å². The highest BCUT2D eigenvalue weighted by Gasteiger charge is 2.20. The van der Waals surface area contributed by atoms with E-state index in [1.54, 1.807) is 0 Å². The van der Waals surface area contributed by atoms with Gasteiger partial charge in [-0.25, -0.2) is 0 Å². The topological polar surface area (TPSA) is 9.86 Å². The van der Waals surface area contributed by atoms with E-state index in [-0.39, 0.29) is 0 Å². The number of hydrogen-bond donors (Lipinski definition) is 0. The van der Waals surface area contributed by atoms with Gasteiger partial charge in [0.1, 0.15) is 0 Å². The Kier molecular flexibility index (Phi) is 6.94. The molecule has 0 saturated heterocycles. The molecule has 0 amide bonds. The van der Waals surface area contributed by atoms with Crippen molar-refractivity contribution in [1.29, 1.82) is 0 Å². The summed E-state index contributed by atoms with van der Waals surface area (Å²) in [6.07, 6.45) is 22.2. The zero-order valence-electron chi connectivity index (χ0n) is 28.1. The van der Waals surface area contributed by atoms with Crippen LogP contribution in [0, 0.1) is 5.92 Å². The molecule has 3 aliphatic rings. The van der Waals surface area contributed by atoms with Gasteiger partial charge in [0.25, 0.3) is 0 Å². The normalized spacial score (nSPS) is 17.2. The van der Waals surface area contributed by atoms with Gasteiger partial charge in [-0.15, -0.1) is 0 Å². The fourth-order valence-electron chi connectivity index (χ4n) is 8.62. The van der Waals surface area contributed by atoms with E-state index in [2.05, 4.69) is 173 Å². The molecule has 50 heavy (non-hydrogen) atoms. The second-order valence-electron chi connectivity index (χ2n) is 13.9. The third-order valence-corrected chi connectivity index (χ3v) is 11.0. The smallest absolute Gasteiger partial charge is 0.0541 e. The van der Waals surface area contributed by atoms with Crippen LogP contribution in [0.2, 0.25) is 0 Å². The zero-order valence-corrected chi connectivity index (χ0v) is 28.1. The summed E-state index contributed by atoms with van der Waals surface area (Å²) in [4.78, 5) is 0. The molecule has 0 saturated carbocycles. The molecule has 2 heterocycles. The number of fused-ring (bicyclic) bond motifs is 6. The minimum atomic E-state index is 0.417. The lowest BCUT2D eigenvalue weighted by atomic mass is 9.82. The third kappa shape index (κ3) is 4.78. The Bertz CT molecular complexity index is 2540. The third-order valence-electron chi connectivity index (χ3n) is 11.0. The van der Waals surface area contributed by atoms with E-state index in [0.717, 1.165) is 32.1 Å². The Labute approximate surface area is 293 Å². The van der Waals surface area contributed by atoms with Crippen LogP contribution in [0.15, 0.2) is 163 Å². The molecule has 0 aliphatic heterocycles. The zero-order chi connectivity index (χ0) is 33.0. The highest BCUT2D eigenvalue weighted by molar-refractivity contribution is 6.09. The molecular formula is C48H38N2. The largest absolute Gasteiger partial charge is 0.310 e. The van der Waals surface area contributed by atoms with Crippen molar-refractivity contribution < 1.29 is 0 Å². The summed E-state index contributed by atoms with van der Waals surface area (Å²) in [5.74, 6) is 0.417. The Balaban J connectivity index is 0.923. The first kappa shape index (κ1) is 29.1. The maximum absolute atomic E-state index is 2.50. The summed E-state index contributed by atoms with van der Waals surface area (Å²) in [5, 5.41) is 3.97. The lowest BCUT2D eigenvalue weighted by Crippen LogP contribution is -2.07. The molecule has 2 aromatic heterocycles. The van der Waals surface area contributed by atoms with Crippen LogP contribution in [0.4, 0.5) is 0 Å². The highest BCUT2D eigenvalue weighted by Crippen LogP contribution is 2.38. The summed E-state index contributed by atoms with van der Waals surface area (Å²) >= 11 is 0. The standard InChI is InChI=1S/C48H38N2/c1-5-19-45-41(15-1)42-16-2-6-20-46(42)49(45)39-27-23-33(24-28-39)35-11-9-13-37(31-35)38-14-10-12-36(32-38)34-25-29-40(30-26-34)50-47-21-7-3-17-43(47)44-18-4-8-22-48(44)50/h1-3,5-8,10-12,15-17,19-32,38H,4,9,13-14,18H2. The minimum Gasteiger partial charge on any atom is -0.310 e. The molecule has 3 aliphatic carbocycles. The number of benzene rings is 5. The Morgan fingerprint density at radius 2 is 1.10 bits per heavy atom. The molecule has 10 rings (SSSR count). The average Bonchev–Trinajstić information content (AvgIpc) is 3.71. The van der Waals surface area contributed by atoms with Crippen LogP contribution in [0.3, 0.4) is 0 Å². The van der Waals surface area contributed by atoms with E-state index in [1.807, 2.05) is 0 Å². The molecular weight excluding hydrogens is 605 g/mol. The van der Waals surface area contributed by atoms with Crippen molar-refractivity contribution >= 4 is 49.9 Å². The fraction of sp³-hybridized carbons (Fsp3) is 0.125. The quantitative estimate of drug-likeness (QED) is 0.177. The summed E-state index contributed by atoms with van der Waals surface area (Å²) < 4.78 is 4.83. The molecule has 0 bridgehead atoms. The molecule has 0 spiro atoms. The Hall–Kier alpha value is -5.86. The number of para-hydroxylation sites is 3. The van der Waals surface area contributed by atoms with Gasteiger partial charge in [-0.2, -0.15) is 0 Å². The van der Waals surface area contributed by atoms with E-state index in [0.29, 0.717) is 5.92 Å². The highest BCUT2D eigenvalue weighted by atomic mass is 15.0. The van der Waals surface area contributed by atoms with Crippen molar-refractivity contribution in [2.75, 3.05) is 0 Å². The van der Waals surface area contributed by atoms with Crippen LogP contribution >= 0.6 is 0 Å². The van der Waals surface area contributed by atoms with E-state index in [9.17, 15) is 0 Å². The van der Waals surface area contributed by atoms with Gasteiger partial charge < -0.3 is 9.13 Å². The second kappa shape index (κ2) is 11.9. The molecule has 7 aromatic rings. The number of hydrogen-bond acceptors (Lipinski definition) is 0. The summed E-state index contributed by atoms with van der Waals surface area (Å²) in [5.41, 5.74) is 15.8. The van der Waals surface area contributed by atoms with Crippen molar-refractivity contribution in [3.63, 3.8) is 0 Å². The fourth-order valence-corrected chi connectivity index (χ4v) is 8.62. The molecule has 2 nitrogen and oxygen atoms in total. The maximum Gasteiger partial charge on any atom is 0.0541 e. The summed E-state index contributed by atoms with van der Waals surface area (Å²) in [7, 11) is 0. The molecule has 0 fully saturated rings. The summed E-state index contributed by atoms with van der Waals surface area (Å²) in [6.45, 7) is 0. The van der Waals surface area contributed by atoms with E-state index >= 15 is 0 Å². The summed E-state index contributed by atoms with van der Waals surface area (Å²) in [6, 6.07) is 44.7. The Morgan fingerprint density at radius 1 is 0.500 bits per heavy atom. The van der Waals surface area contributed by atoms with Gasteiger partial charge in [0.15, 0.2) is 0 Å². The predicted octanol–water partition coefficient (Wildman–Crippen LogP) is 12.5. The van der Waals surface area contributed by atoms with Gasteiger partial charge >= 0.3 is 0 Å². The van der Waals surface area contributed by atoms with E-state index < -0.39 is 0 Å². The molecule has 0 N–H and O–H groups in total. The Morgan fingerprint density at radius 3 is 1.80 bits per heavy atom. The SMILES string of the molecule is C1=Cc2c(c3ccccc3n2-c2ccc(C3=CC(C4=CC(c5ccc(-n6c7ccccc7c7ccccc76)cc5)=CCC4)CC=C3)cc2)CC1.